The van der Waals surface area contributed by atoms with Gasteiger partial charge in [0.25, 0.3) is 5.56 Å². The van der Waals surface area contributed by atoms with Crippen molar-refractivity contribution in [1.82, 2.24) is 4.68 Å². The lowest BCUT2D eigenvalue weighted by Crippen LogP contribution is -2.22. The third-order valence-corrected chi connectivity index (χ3v) is 3.07. The molecule has 4 heteroatoms. The number of benzene rings is 1. The van der Waals surface area contributed by atoms with Crippen LogP contribution in [0.1, 0.15) is 27.9 Å². The van der Waals surface area contributed by atoms with Crippen molar-refractivity contribution in [3.8, 4) is 6.07 Å². The van der Waals surface area contributed by atoms with Gasteiger partial charge in [-0.1, -0.05) is 29.8 Å². The second-order valence-electron chi connectivity index (χ2n) is 4.73. The number of pyridine rings is 1. The Morgan fingerprint density at radius 3 is 2.45 bits per heavy atom. The molecule has 0 amide bonds. The summed E-state index contributed by atoms with van der Waals surface area (Å²) in [7, 11) is 0. The zero-order chi connectivity index (χ0) is 14.7. The summed E-state index contributed by atoms with van der Waals surface area (Å²) < 4.78 is 1.26. The highest BCUT2D eigenvalue weighted by Gasteiger charge is 2.08. The number of aryl methyl sites for hydroxylation is 3. The van der Waals surface area contributed by atoms with Crippen LogP contribution in [-0.2, 0) is 0 Å². The van der Waals surface area contributed by atoms with Crippen molar-refractivity contribution < 1.29 is 0 Å². The van der Waals surface area contributed by atoms with Crippen molar-refractivity contribution in [3.05, 3.63) is 68.6 Å². The van der Waals surface area contributed by atoms with Crippen molar-refractivity contribution in [2.24, 2.45) is 5.10 Å². The van der Waals surface area contributed by atoms with Crippen molar-refractivity contribution in [2.45, 2.75) is 20.8 Å². The molecule has 20 heavy (non-hydrogen) atoms. The van der Waals surface area contributed by atoms with Crippen LogP contribution in [0.25, 0.3) is 0 Å². The molecule has 1 heterocycles. The topological polar surface area (TPSA) is 58.1 Å². The van der Waals surface area contributed by atoms with Gasteiger partial charge in [-0.2, -0.15) is 10.4 Å². The zero-order valence-corrected chi connectivity index (χ0v) is 11.7. The first kappa shape index (κ1) is 13.8. The van der Waals surface area contributed by atoms with E-state index >= 15 is 0 Å². The normalized spacial score (nSPS) is 10.7. The fraction of sp³-hybridized carbons (Fsp3) is 0.188. The number of nitrogens with zero attached hydrogens (tertiary/aromatic N) is 3. The molecule has 0 fully saturated rings. The molecule has 2 rings (SSSR count). The standard InChI is InChI=1S/C16H15N3O/c1-11-4-6-14(7-5-11)10-18-19-13(3)8-12(2)15(9-17)16(19)20/h4-8,10H,1-3H3/b18-10-. The summed E-state index contributed by atoms with van der Waals surface area (Å²) in [6, 6.07) is 11.5. The predicted molar refractivity (Wildman–Crippen MR) is 79.1 cm³/mol. The molecule has 0 atom stereocenters. The SMILES string of the molecule is Cc1ccc(/C=N\n2c(C)cc(C)c(C#N)c2=O)cc1. The molecule has 0 bridgehead atoms. The highest BCUT2D eigenvalue weighted by Crippen LogP contribution is 2.05. The van der Waals surface area contributed by atoms with Crippen LogP contribution >= 0.6 is 0 Å². The molecule has 4 nitrogen and oxygen atoms in total. The van der Waals surface area contributed by atoms with Crippen molar-refractivity contribution in [3.63, 3.8) is 0 Å². The minimum atomic E-state index is -0.381. The maximum atomic E-state index is 12.1. The molecule has 100 valence electrons. The third kappa shape index (κ3) is 2.67. The Balaban J connectivity index is 2.47. The summed E-state index contributed by atoms with van der Waals surface area (Å²) in [5.41, 5.74) is 3.20. The van der Waals surface area contributed by atoms with E-state index in [-0.39, 0.29) is 11.1 Å². The average molecular weight is 265 g/mol. The van der Waals surface area contributed by atoms with E-state index in [2.05, 4.69) is 5.10 Å². The first-order valence-corrected chi connectivity index (χ1v) is 6.27. The van der Waals surface area contributed by atoms with Crippen molar-refractivity contribution in [1.29, 1.82) is 5.26 Å². The van der Waals surface area contributed by atoms with Crippen LogP contribution in [0.15, 0.2) is 40.2 Å². The summed E-state index contributed by atoms with van der Waals surface area (Å²) in [4.78, 5) is 12.1. The van der Waals surface area contributed by atoms with Gasteiger partial charge in [-0.15, -0.1) is 0 Å². The fourth-order valence-electron chi connectivity index (χ4n) is 1.94. The van der Waals surface area contributed by atoms with Gasteiger partial charge in [-0.3, -0.25) is 4.79 Å². The van der Waals surface area contributed by atoms with Crippen molar-refractivity contribution in [2.75, 3.05) is 0 Å². The second kappa shape index (κ2) is 5.54. The van der Waals surface area contributed by atoms with Crippen LogP contribution in [0.4, 0.5) is 0 Å². The molecule has 0 N–H and O–H groups in total. The zero-order valence-electron chi connectivity index (χ0n) is 11.7. The Morgan fingerprint density at radius 2 is 1.85 bits per heavy atom. The maximum Gasteiger partial charge on any atom is 0.289 e. The quantitative estimate of drug-likeness (QED) is 0.783. The van der Waals surface area contributed by atoms with Crippen LogP contribution in [0, 0.1) is 32.1 Å². The molecule has 0 aliphatic rings. The Bertz CT molecular complexity index is 762. The van der Waals surface area contributed by atoms with Crippen molar-refractivity contribution >= 4 is 6.21 Å². The number of nitriles is 1. The van der Waals surface area contributed by atoms with Crippen LogP contribution in [0.2, 0.25) is 0 Å². The van der Waals surface area contributed by atoms with Gasteiger partial charge in [0, 0.05) is 5.69 Å². The lowest BCUT2D eigenvalue weighted by atomic mass is 10.1. The van der Waals surface area contributed by atoms with Crippen LogP contribution in [-0.4, -0.2) is 10.9 Å². The Morgan fingerprint density at radius 1 is 1.20 bits per heavy atom. The van der Waals surface area contributed by atoms with E-state index in [0.29, 0.717) is 11.3 Å². The fourth-order valence-corrected chi connectivity index (χ4v) is 1.94. The maximum absolute atomic E-state index is 12.1. The molecule has 0 aliphatic heterocycles. The van der Waals surface area contributed by atoms with Crippen LogP contribution in [0.5, 0.6) is 0 Å². The highest BCUT2D eigenvalue weighted by atomic mass is 16.1. The number of aromatic nitrogens is 1. The van der Waals surface area contributed by atoms with E-state index < -0.39 is 0 Å². The Hall–Kier alpha value is -2.67. The molecule has 0 spiro atoms. The van der Waals surface area contributed by atoms with Crippen LogP contribution in [0.3, 0.4) is 0 Å². The predicted octanol–water partition coefficient (Wildman–Crippen LogP) is 2.53. The van der Waals surface area contributed by atoms with Gasteiger partial charge in [-0.05, 0) is 38.0 Å². The molecule has 0 unspecified atom stereocenters. The van der Waals surface area contributed by atoms with Gasteiger partial charge in [0.1, 0.15) is 11.6 Å². The Labute approximate surface area is 117 Å². The molecule has 0 aliphatic carbocycles. The average Bonchev–Trinajstić information content (AvgIpc) is 2.40. The summed E-state index contributed by atoms with van der Waals surface area (Å²) in [5.74, 6) is 0. The summed E-state index contributed by atoms with van der Waals surface area (Å²) in [6.45, 7) is 5.55. The van der Waals surface area contributed by atoms with Crippen LogP contribution < -0.4 is 5.56 Å². The molecule has 0 radical (unpaired) electrons. The molecule has 1 aromatic heterocycles. The highest BCUT2D eigenvalue weighted by molar-refractivity contribution is 5.79. The monoisotopic (exact) mass is 265 g/mol. The molecule has 1 aromatic carbocycles. The number of hydrogen-bond donors (Lipinski definition) is 0. The molecular formula is C16H15N3O. The van der Waals surface area contributed by atoms with Gasteiger partial charge < -0.3 is 0 Å². The van der Waals surface area contributed by atoms with Gasteiger partial charge in [0.2, 0.25) is 0 Å². The molecule has 0 saturated carbocycles. The minimum Gasteiger partial charge on any atom is -0.266 e. The van der Waals surface area contributed by atoms with E-state index in [1.165, 1.54) is 4.68 Å². The third-order valence-electron chi connectivity index (χ3n) is 3.07. The lowest BCUT2D eigenvalue weighted by Gasteiger charge is -2.06. The first-order chi connectivity index (χ1) is 9.52. The summed E-state index contributed by atoms with van der Waals surface area (Å²) in [5, 5.41) is 13.2. The van der Waals surface area contributed by atoms with E-state index in [0.717, 1.165) is 11.1 Å². The van der Waals surface area contributed by atoms with E-state index in [1.54, 1.807) is 26.1 Å². The first-order valence-electron chi connectivity index (χ1n) is 6.27. The second-order valence-corrected chi connectivity index (χ2v) is 4.73. The molecule has 0 saturated heterocycles. The summed E-state index contributed by atoms with van der Waals surface area (Å²) >= 11 is 0. The van der Waals surface area contributed by atoms with Gasteiger partial charge >= 0.3 is 0 Å². The molecule has 2 aromatic rings. The summed E-state index contributed by atoms with van der Waals surface area (Å²) in [6.07, 6.45) is 1.62. The minimum absolute atomic E-state index is 0.136. The van der Waals surface area contributed by atoms with Gasteiger partial charge in [0.05, 0.1) is 6.21 Å². The van der Waals surface area contributed by atoms with E-state index in [9.17, 15) is 4.79 Å². The smallest absolute Gasteiger partial charge is 0.266 e. The lowest BCUT2D eigenvalue weighted by molar-refractivity contribution is 0.786. The number of rotatable bonds is 2. The number of hydrogen-bond acceptors (Lipinski definition) is 3. The molecular weight excluding hydrogens is 250 g/mol. The Kier molecular flexibility index (Phi) is 3.81. The van der Waals surface area contributed by atoms with E-state index in [4.69, 9.17) is 5.26 Å². The van der Waals surface area contributed by atoms with E-state index in [1.807, 2.05) is 37.3 Å². The van der Waals surface area contributed by atoms with Gasteiger partial charge in [-0.25, -0.2) is 4.68 Å². The van der Waals surface area contributed by atoms with Gasteiger partial charge in [0.15, 0.2) is 0 Å². The largest absolute Gasteiger partial charge is 0.289 e.